The quantitative estimate of drug-likeness (QED) is 0.681. The van der Waals surface area contributed by atoms with E-state index in [9.17, 15) is 4.79 Å². The van der Waals surface area contributed by atoms with Crippen molar-refractivity contribution < 1.29 is 9.53 Å². The summed E-state index contributed by atoms with van der Waals surface area (Å²) in [6.07, 6.45) is 0.766. The summed E-state index contributed by atoms with van der Waals surface area (Å²) in [5, 5.41) is 6.06. The largest absolute Gasteiger partial charge is 0.492 e. The maximum Gasteiger partial charge on any atom is 0.261 e. The molecule has 0 aliphatic carbocycles. The van der Waals surface area contributed by atoms with Crippen LogP contribution in [0.4, 0.5) is 0 Å². The lowest BCUT2D eigenvalue weighted by Gasteiger charge is -2.22. The minimum Gasteiger partial charge on any atom is -0.492 e. The van der Waals surface area contributed by atoms with Gasteiger partial charge in [0.2, 0.25) is 0 Å². The molecule has 2 aromatic rings. The topological polar surface area (TPSA) is 50.4 Å². The summed E-state index contributed by atoms with van der Waals surface area (Å²) < 4.78 is 6.65. The Morgan fingerprint density at radius 2 is 1.85 bits per heavy atom. The van der Waals surface area contributed by atoms with Crippen molar-refractivity contribution in [2.45, 2.75) is 32.7 Å². The highest BCUT2D eigenvalue weighted by Gasteiger charge is 2.17. The van der Waals surface area contributed by atoms with Gasteiger partial charge in [-0.15, -0.1) is 0 Å². The second-order valence-electron chi connectivity index (χ2n) is 6.88. The third kappa shape index (κ3) is 6.77. The van der Waals surface area contributed by atoms with E-state index in [0.29, 0.717) is 17.9 Å². The standard InChI is InChI=1S/C20H23BrN2O2S/c1-20(2,3)23-19(26)22-18(24)16-13-15(21)9-10-17(16)25-12-11-14-7-5-4-6-8-14/h4-10,13H,11-12H2,1-3H3,(H2,22,23,24,26). The van der Waals surface area contributed by atoms with E-state index in [2.05, 4.69) is 38.7 Å². The number of rotatable bonds is 5. The molecule has 0 aliphatic rings. The smallest absolute Gasteiger partial charge is 0.261 e. The molecule has 26 heavy (non-hydrogen) atoms. The number of carbonyl (C=O) groups excluding carboxylic acids is 1. The number of ether oxygens (including phenoxy) is 1. The van der Waals surface area contributed by atoms with E-state index in [1.165, 1.54) is 5.56 Å². The number of amides is 1. The molecule has 0 unspecified atom stereocenters. The Morgan fingerprint density at radius 1 is 1.15 bits per heavy atom. The average Bonchev–Trinajstić information content (AvgIpc) is 2.55. The number of hydrogen-bond donors (Lipinski definition) is 2. The number of halogens is 1. The molecule has 0 aliphatic heterocycles. The van der Waals surface area contributed by atoms with E-state index in [1.807, 2.05) is 45.0 Å². The van der Waals surface area contributed by atoms with Crippen molar-refractivity contribution in [2.24, 2.45) is 0 Å². The summed E-state index contributed by atoms with van der Waals surface area (Å²) in [7, 11) is 0. The Labute approximate surface area is 168 Å². The van der Waals surface area contributed by atoms with Gasteiger partial charge in [0.05, 0.1) is 12.2 Å². The summed E-state index contributed by atoms with van der Waals surface area (Å²) >= 11 is 8.61. The predicted molar refractivity (Wildman–Crippen MR) is 113 cm³/mol. The van der Waals surface area contributed by atoms with Crippen LogP contribution in [0.2, 0.25) is 0 Å². The van der Waals surface area contributed by atoms with E-state index < -0.39 is 0 Å². The van der Waals surface area contributed by atoms with Crippen LogP contribution >= 0.6 is 28.1 Å². The summed E-state index contributed by atoms with van der Waals surface area (Å²) in [6, 6.07) is 15.4. The lowest BCUT2D eigenvalue weighted by atomic mass is 10.1. The monoisotopic (exact) mass is 434 g/mol. The zero-order chi connectivity index (χ0) is 19.2. The summed E-state index contributed by atoms with van der Waals surface area (Å²) in [5.74, 6) is 0.225. The van der Waals surface area contributed by atoms with Crippen molar-refractivity contribution in [1.29, 1.82) is 0 Å². The average molecular weight is 435 g/mol. The van der Waals surface area contributed by atoms with Crippen molar-refractivity contribution in [3.63, 3.8) is 0 Å². The molecular weight excluding hydrogens is 412 g/mol. The number of thiocarbonyl (C=S) groups is 1. The van der Waals surface area contributed by atoms with Crippen molar-refractivity contribution in [3.05, 3.63) is 64.1 Å². The third-order valence-corrected chi connectivity index (χ3v) is 4.09. The van der Waals surface area contributed by atoms with E-state index in [4.69, 9.17) is 17.0 Å². The second-order valence-corrected chi connectivity index (χ2v) is 8.21. The number of hydrogen-bond acceptors (Lipinski definition) is 3. The van der Waals surface area contributed by atoms with Gasteiger partial charge in [-0.05, 0) is 56.8 Å². The highest BCUT2D eigenvalue weighted by molar-refractivity contribution is 9.10. The van der Waals surface area contributed by atoms with E-state index in [0.717, 1.165) is 10.9 Å². The van der Waals surface area contributed by atoms with Crippen molar-refractivity contribution in [3.8, 4) is 5.75 Å². The first kappa shape index (κ1) is 20.4. The van der Waals surface area contributed by atoms with Gasteiger partial charge in [-0.2, -0.15) is 0 Å². The summed E-state index contributed by atoms with van der Waals surface area (Å²) in [4.78, 5) is 12.6. The van der Waals surface area contributed by atoms with Crippen LogP contribution in [0.25, 0.3) is 0 Å². The van der Waals surface area contributed by atoms with Crippen molar-refractivity contribution in [1.82, 2.24) is 10.6 Å². The van der Waals surface area contributed by atoms with E-state index in [-0.39, 0.29) is 16.6 Å². The molecule has 138 valence electrons. The minimum atomic E-state index is -0.303. The minimum absolute atomic E-state index is 0.226. The van der Waals surface area contributed by atoms with Gasteiger partial charge in [0.1, 0.15) is 5.75 Å². The van der Waals surface area contributed by atoms with Gasteiger partial charge in [0.25, 0.3) is 5.91 Å². The zero-order valence-electron chi connectivity index (χ0n) is 15.1. The first-order valence-electron chi connectivity index (χ1n) is 8.34. The Balaban J connectivity index is 2.04. The number of benzene rings is 2. The Morgan fingerprint density at radius 3 is 2.50 bits per heavy atom. The molecule has 0 bridgehead atoms. The van der Waals surface area contributed by atoms with Gasteiger partial charge >= 0.3 is 0 Å². The van der Waals surface area contributed by atoms with Crippen LogP contribution in [0.1, 0.15) is 36.7 Å². The van der Waals surface area contributed by atoms with Crippen LogP contribution < -0.4 is 15.4 Å². The van der Waals surface area contributed by atoms with Gasteiger partial charge < -0.3 is 10.1 Å². The fourth-order valence-electron chi connectivity index (χ4n) is 2.27. The second kappa shape index (κ2) is 9.14. The molecule has 4 nitrogen and oxygen atoms in total. The molecule has 2 rings (SSSR count). The normalized spacial score (nSPS) is 10.9. The molecule has 2 aromatic carbocycles. The van der Waals surface area contributed by atoms with Crippen LogP contribution in [0.3, 0.4) is 0 Å². The fraction of sp³-hybridized carbons (Fsp3) is 0.300. The molecule has 0 aromatic heterocycles. The maximum atomic E-state index is 12.6. The molecule has 0 saturated heterocycles. The SMILES string of the molecule is CC(C)(C)NC(=S)NC(=O)c1cc(Br)ccc1OCCc1ccccc1. The van der Waals surface area contributed by atoms with Gasteiger partial charge in [-0.25, -0.2) is 0 Å². The number of nitrogens with one attached hydrogen (secondary N) is 2. The third-order valence-electron chi connectivity index (χ3n) is 3.39. The van der Waals surface area contributed by atoms with Crippen LogP contribution in [0.5, 0.6) is 5.75 Å². The summed E-state index contributed by atoms with van der Waals surface area (Å²) in [6.45, 7) is 6.41. The zero-order valence-corrected chi connectivity index (χ0v) is 17.5. The van der Waals surface area contributed by atoms with Crippen LogP contribution in [-0.2, 0) is 6.42 Å². The molecule has 0 radical (unpaired) electrons. The maximum absolute atomic E-state index is 12.6. The molecule has 0 saturated carbocycles. The number of carbonyl (C=O) groups is 1. The van der Waals surface area contributed by atoms with Crippen molar-refractivity contribution in [2.75, 3.05) is 6.61 Å². The predicted octanol–water partition coefficient (Wildman–Crippen LogP) is 4.47. The van der Waals surface area contributed by atoms with Crippen LogP contribution in [-0.4, -0.2) is 23.2 Å². The van der Waals surface area contributed by atoms with Gasteiger partial charge in [0, 0.05) is 16.4 Å². The van der Waals surface area contributed by atoms with Gasteiger partial charge in [-0.3, -0.25) is 10.1 Å². The molecule has 6 heteroatoms. The molecular formula is C20H23BrN2O2S. The molecule has 0 heterocycles. The van der Waals surface area contributed by atoms with Gasteiger partial charge in [0.15, 0.2) is 5.11 Å². The molecule has 0 spiro atoms. The van der Waals surface area contributed by atoms with Crippen LogP contribution in [0.15, 0.2) is 53.0 Å². The fourth-order valence-corrected chi connectivity index (χ4v) is 3.03. The van der Waals surface area contributed by atoms with Gasteiger partial charge in [-0.1, -0.05) is 46.3 Å². The molecule has 2 N–H and O–H groups in total. The van der Waals surface area contributed by atoms with E-state index in [1.54, 1.807) is 12.1 Å². The lowest BCUT2D eigenvalue weighted by molar-refractivity contribution is 0.0972. The first-order chi connectivity index (χ1) is 12.2. The lowest BCUT2D eigenvalue weighted by Crippen LogP contribution is -2.48. The molecule has 1 amide bonds. The Bertz CT molecular complexity index is 773. The Hall–Kier alpha value is -1.92. The highest BCUT2D eigenvalue weighted by atomic mass is 79.9. The summed E-state index contributed by atoms with van der Waals surface area (Å²) in [5.41, 5.74) is 1.40. The van der Waals surface area contributed by atoms with Crippen LogP contribution in [0, 0.1) is 0 Å². The molecule has 0 atom stereocenters. The first-order valence-corrected chi connectivity index (χ1v) is 9.54. The highest BCUT2D eigenvalue weighted by Crippen LogP contribution is 2.23. The molecule has 0 fully saturated rings. The van der Waals surface area contributed by atoms with E-state index >= 15 is 0 Å². The Kier molecular flexibility index (Phi) is 7.17. The van der Waals surface area contributed by atoms with Crippen molar-refractivity contribution >= 4 is 39.2 Å².